The van der Waals surface area contributed by atoms with Crippen LogP contribution in [0.15, 0.2) is 140 Å². The molecule has 4 nitrogen and oxygen atoms in total. The van der Waals surface area contributed by atoms with Crippen LogP contribution in [0.4, 0.5) is 28.4 Å². The normalized spacial score (nSPS) is 16.2. The number of benzene rings is 7. The number of hydrogen-bond acceptors (Lipinski definition) is 4. The second-order valence-electron chi connectivity index (χ2n) is 18.1. The number of rotatable bonds is 7. The van der Waals surface area contributed by atoms with E-state index < -0.39 is 0 Å². The fraction of sp³-hybridized carbons (Fsp3) is 0.167. The third kappa shape index (κ3) is 6.59. The third-order valence-corrected chi connectivity index (χ3v) is 14.2. The summed E-state index contributed by atoms with van der Waals surface area (Å²) in [5, 5.41) is 11.2. The first kappa shape index (κ1) is 39.5. The first-order valence-corrected chi connectivity index (χ1v) is 22.6. The smallest absolute Gasteiger partial charge is 0.130 e. The van der Waals surface area contributed by atoms with Crippen molar-refractivity contribution in [2.24, 2.45) is 0 Å². The lowest BCUT2D eigenvalue weighted by atomic mass is 9.92. The van der Waals surface area contributed by atoms with Crippen LogP contribution < -0.4 is 14.5 Å². The van der Waals surface area contributed by atoms with Crippen molar-refractivity contribution in [3.63, 3.8) is 0 Å². The Morgan fingerprint density at radius 1 is 0.547 bits per heavy atom. The van der Waals surface area contributed by atoms with Gasteiger partial charge < -0.3 is 19.6 Å². The number of hydrogen-bond donors (Lipinski definition) is 1. The van der Waals surface area contributed by atoms with Gasteiger partial charge >= 0.3 is 0 Å². The number of aromatic hydroxyl groups is 1. The summed E-state index contributed by atoms with van der Waals surface area (Å²) in [7, 11) is 0. The van der Waals surface area contributed by atoms with Gasteiger partial charge in [-0.1, -0.05) is 115 Å². The molecule has 11 rings (SSSR count). The van der Waals surface area contributed by atoms with E-state index in [-0.39, 0.29) is 12.1 Å². The zero-order chi connectivity index (χ0) is 43.8. The zero-order valence-corrected chi connectivity index (χ0v) is 37.4. The molecule has 0 fully saturated rings. The predicted octanol–water partition coefficient (Wildman–Crippen LogP) is 15.2. The van der Waals surface area contributed by atoms with Crippen LogP contribution in [0.1, 0.15) is 78.7 Å². The Hall–Kier alpha value is -7.30. The summed E-state index contributed by atoms with van der Waals surface area (Å²) in [6.07, 6.45) is 17.8. The van der Waals surface area contributed by atoms with Crippen LogP contribution in [0.5, 0.6) is 11.5 Å². The molecule has 7 aromatic rings. The van der Waals surface area contributed by atoms with Gasteiger partial charge in [-0.2, -0.15) is 0 Å². The minimum atomic E-state index is -0.0442. The van der Waals surface area contributed by atoms with Crippen LogP contribution in [-0.2, 0) is 6.42 Å². The zero-order valence-electron chi connectivity index (χ0n) is 37.4. The molecule has 0 amide bonds. The number of anilines is 5. The summed E-state index contributed by atoms with van der Waals surface area (Å²) in [5.41, 5.74) is 24.5. The summed E-state index contributed by atoms with van der Waals surface area (Å²) in [6, 6.07) is 44.0. The summed E-state index contributed by atoms with van der Waals surface area (Å²) in [5.74, 6) is 1.33. The average Bonchev–Trinajstić information content (AvgIpc) is 3.47. The molecule has 2 atom stereocenters. The summed E-state index contributed by atoms with van der Waals surface area (Å²) in [4.78, 5) is 4.96. The van der Waals surface area contributed by atoms with Crippen molar-refractivity contribution in [3.05, 3.63) is 212 Å². The predicted molar refractivity (Wildman–Crippen MR) is 269 cm³/mol. The quantitative estimate of drug-likeness (QED) is 0.174. The first-order chi connectivity index (χ1) is 31.1. The Bertz CT molecular complexity index is 3200. The molecule has 2 unspecified atom stereocenters. The van der Waals surface area contributed by atoms with Gasteiger partial charge in [0.05, 0.1) is 11.7 Å². The lowest BCUT2D eigenvalue weighted by molar-refractivity contribution is 0.258. The molecule has 4 aliphatic rings. The highest BCUT2D eigenvalue weighted by Crippen LogP contribution is 2.48. The molecule has 314 valence electrons. The fourth-order valence-corrected chi connectivity index (χ4v) is 10.3. The molecule has 0 spiro atoms. The molecule has 0 aromatic heterocycles. The Labute approximate surface area is 377 Å². The van der Waals surface area contributed by atoms with E-state index in [0.29, 0.717) is 5.75 Å². The molecule has 4 heteroatoms. The van der Waals surface area contributed by atoms with Crippen molar-refractivity contribution in [1.29, 1.82) is 0 Å². The van der Waals surface area contributed by atoms with Gasteiger partial charge in [-0.25, -0.2) is 0 Å². The fourth-order valence-electron chi connectivity index (χ4n) is 10.3. The second kappa shape index (κ2) is 15.5. The summed E-state index contributed by atoms with van der Waals surface area (Å²) < 4.78 is 6.81. The molecule has 7 aromatic carbocycles. The number of aryl methyl sites for hydroxylation is 6. The van der Waals surface area contributed by atoms with Gasteiger partial charge in [0.25, 0.3) is 0 Å². The van der Waals surface area contributed by atoms with Crippen molar-refractivity contribution < 1.29 is 9.84 Å². The minimum Gasteiger partial charge on any atom is -0.507 e. The van der Waals surface area contributed by atoms with Gasteiger partial charge in [0.15, 0.2) is 0 Å². The lowest BCUT2D eigenvalue weighted by Gasteiger charge is -2.35. The number of para-hydroxylation sites is 2. The van der Waals surface area contributed by atoms with Crippen molar-refractivity contribution in [1.82, 2.24) is 0 Å². The van der Waals surface area contributed by atoms with Crippen LogP contribution >= 0.6 is 0 Å². The van der Waals surface area contributed by atoms with E-state index >= 15 is 0 Å². The van der Waals surface area contributed by atoms with Crippen LogP contribution in [-0.4, -0.2) is 17.3 Å². The van der Waals surface area contributed by atoms with Gasteiger partial charge in [-0.05, 0) is 158 Å². The molecule has 1 N–H and O–H groups in total. The molecule has 0 saturated carbocycles. The van der Waals surface area contributed by atoms with Gasteiger partial charge in [0.1, 0.15) is 17.6 Å². The van der Waals surface area contributed by atoms with E-state index in [1.165, 1.54) is 83.7 Å². The van der Waals surface area contributed by atoms with E-state index in [9.17, 15) is 5.11 Å². The lowest BCUT2D eigenvalue weighted by Crippen LogP contribution is -2.34. The van der Waals surface area contributed by atoms with Crippen molar-refractivity contribution in [2.75, 3.05) is 9.80 Å². The maximum Gasteiger partial charge on any atom is 0.130 e. The number of phenols is 1. The number of nitrogens with zero attached hydrogens (tertiary/aromatic N) is 2. The summed E-state index contributed by atoms with van der Waals surface area (Å²) >= 11 is 0. The van der Waals surface area contributed by atoms with E-state index in [2.05, 4.69) is 190 Å². The molecule has 0 saturated heterocycles. The van der Waals surface area contributed by atoms with Gasteiger partial charge in [0.2, 0.25) is 0 Å². The molecule has 2 bridgehead atoms. The Kier molecular flexibility index (Phi) is 9.57. The number of allylic oxidation sites excluding steroid dienone is 2. The molecule has 1 aliphatic heterocycles. The van der Waals surface area contributed by atoms with Crippen molar-refractivity contribution >= 4 is 58.3 Å². The van der Waals surface area contributed by atoms with Gasteiger partial charge in [-0.3, -0.25) is 0 Å². The highest BCUT2D eigenvalue weighted by atomic mass is 16.5. The number of ether oxygens (including phenoxy) is 1. The summed E-state index contributed by atoms with van der Waals surface area (Å²) in [6.45, 7) is 12.9. The molecule has 64 heavy (non-hydrogen) atoms. The maximum absolute atomic E-state index is 11.2. The van der Waals surface area contributed by atoms with Crippen LogP contribution in [0.25, 0.3) is 41.0 Å². The van der Waals surface area contributed by atoms with Crippen LogP contribution in [0.3, 0.4) is 0 Å². The largest absolute Gasteiger partial charge is 0.507 e. The standard InChI is InChI=1S/C60H52N2O2/c1-36-19-25-47(31-40(36)5)61(45-14-9-13-44(33-45)49-16-7-11-38(3)59(49)63)56-29-23-42-22-28-51-55-35-54(42)50(56)27-21-43(55)24-30-57(51)62(48-26-20-37(2)41(6)32-48)46-15-10-17-52-53-18-8-12-39(4)60(53)64-58(52)34-46/h7-33,46,58,63H,34-35H2,1-6H3. The molecule has 0 radical (unpaired) electrons. The topological polar surface area (TPSA) is 35.9 Å². The average molecular weight is 833 g/mol. The van der Waals surface area contributed by atoms with Crippen LogP contribution in [0.2, 0.25) is 0 Å². The second-order valence-corrected chi connectivity index (χ2v) is 18.1. The van der Waals surface area contributed by atoms with Gasteiger partial charge in [-0.15, -0.1) is 0 Å². The molecular formula is C60H52N2O2. The van der Waals surface area contributed by atoms with Crippen molar-refractivity contribution in [3.8, 4) is 22.6 Å². The third-order valence-electron chi connectivity index (χ3n) is 14.2. The highest BCUT2D eigenvalue weighted by molar-refractivity contribution is 5.96. The Balaban J connectivity index is 1.04. The van der Waals surface area contributed by atoms with E-state index in [0.717, 1.165) is 52.3 Å². The number of fused-ring (bicyclic) bond motifs is 3. The number of phenolic OH excluding ortho intramolecular Hbond substituents is 1. The Morgan fingerprint density at radius 3 is 1.91 bits per heavy atom. The van der Waals surface area contributed by atoms with E-state index in [4.69, 9.17) is 4.74 Å². The van der Waals surface area contributed by atoms with Gasteiger partial charge in [0, 0.05) is 57.0 Å². The molecule has 3 aliphatic carbocycles. The highest BCUT2D eigenvalue weighted by Gasteiger charge is 2.36. The molecular weight excluding hydrogens is 781 g/mol. The van der Waals surface area contributed by atoms with E-state index in [1.807, 2.05) is 25.1 Å². The molecule has 1 heterocycles. The van der Waals surface area contributed by atoms with Crippen molar-refractivity contribution in [2.45, 2.75) is 66.5 Å². The maximum atomic E-state index is 11.2. The minimum absolute atomic E-state index is 0.0382. The SMILES string of the molecule is Cc1ccc(N(c2cccc(-c3cccc(C)c3O)c2)c2ccc3c4c2C=Cc2ccc(N(c5ccc(C)c(C)c5)C5C=CC=C6c7cccc(C)c7OC6C5)c(c2C4)C=C3)cc1C. The monoisotopic (exact) mass is 832 g/mol. The van der Waals surface area contributed by atoms with E-state index in [1.54, 1.807) is 0 Å². The van der Waals surface area contributed by atoms with Crippen LogP contribution in [0, 0.1) is 41.5 Å². The first-order valence-electron chi connectivity index (χ1n) is 22.6. The Morgan fingerprint density at radius 2 is 1.17 bits per heavy atom.